The number of benzene rings is 1. The summed E-state index contributed by atoms with van der Waals surface area (Å²) in [5.74, 6) is -1.06. The molecule has 3 rings (SSSR count). The number of nitrogens with zero attached hydrogens (tertiary/aromatic N) is 3. The zero-order chi connectivity index (χ0) is 19.8. The van der Waals surface area contributed by atoms with Gasteiger partial charge in [-0.1, -0.05) is 12.1 Å². The SMILES string of the molecule is CCOC(=O)c1csc(N2N=C(c3ccccc3O)C[C@]2(O)C(F)(F)F)n1. The number of hydrazone groups is 1. The predicted molar refractivity (Wildman–Crippen MR) is 90.8 cm³/mol. The molecular weight excluding hydrogens is 387 g/mol. The highest BCUT2D eigenvalue weighted by Gasteiger charge is 2.62. The average Bonchev–Trinajstić information content (AvgIpc) is 3.20. The van der Waals surface area contributed by atoms with E-state index in [4.69, 9.17) is 4.74 Å². The first kappa shape index (κ1) is 19.1. The maximum Gasteiger partial charge on any atom is 0.438 e. The molecule has 0 radical (unpaired) electrons. The van der Waals surface area contributed by atoms with Crippen molar-refractivity contribution in [3.05, 3.63) is 40.9 Å². The van der Waals surface area contributed by atoms with Gasteiger partial charge in [0.2, 0.25) is 5.13 Å². The molecule has 0 bridgehead atoms. The molecule has 1 aliphatic rings. The van der Waals surface area contributed by atoms with Gasteiger partial charge in [0.25, 0.3) is 5.72 Å². The molecule has 0 saturated carbocycles. The monoisotopic (exact) mass is 401 g/mol. The fraction of sp³-hybridized carbons (Fsp3) is 0.312. The van der Waals surface area contributed by atoms with Crippen LogP contribution in [0.2, 0.25) is 0 Å². The van der Waals surface area contributed by atoms with Crippen molar-refractivity contribution in [1.29, 1.82) is 0 Å². The fourth-order valence-electron chi connectivity index (χ4n) is 2.50. The number of aliphatic hydroxyl groups is 1. The van der Waals surface area contributed by atoms with Crippen LogP contribution >= 0.6 is 11.3 Å². The standard InChI is InChI=1S/C16H14F3N3O4S/c1-2-26-13(24)11-8-27-14(20-11)22-15(25,16(17,18)19)7-10(21-22)9-5-3-4-6-12(9)23/h3-6,8,23,25H,2,7H2,1H3/t15-/m0/s1. The van der Waals surface area contributed by atoms with Crippen molar-refractivity contribution < 1.29 is 32.9 Å². The Bertz CT molecular complexity index is 899. The molecule has 0 amide bonds. The molecule has 0 fully saturated rings. The average molecular weight is 401 g/mol. The number of carbonyl (C=O) groups is 1. The van der Waals surface area contributed by atoms with E-state index in [9.17, 15) is 28.2 Å². The van der Waals surface area contributed by atoms with Gasteiger partial charge in [0.05, 0.1) is 18.7 Å². The molecule has 0 unspecified atom stereocenters. The summed E-state index contributed by atoms with van der Waals surface area (Å²) in [5, 5.41) is 25.3. The highest BCUT2D eigenvalue weighted by atomic mass is 32.1. The minimum absolute atomic E-state index is 0.0600. The molecule has 144 valence electrons. The van der Waals surface area contributed by atoms with Crippen LogP contribution in [0.4, 0.5) is 18.3 Å². The molecule has 1 atom stereocenters. The minimum Gasteiger partial charge on any atom is -0.507 e. The lowest BCUT2D eigenvalue weighted by atomic mass is 10.0. The van der Waals surface area contributed by atoms with Gasteiger partial charge < -0.3 is 14.9 Å². The van der Waals surface area contributed by atoms with Gasteiger partial charge in [-0.2, -0.15) is 23.3 Å². The number of aromatic hydroxyl groups is 1. The molecule has 0 aliphatic carbocycles. The number of thiazole rings is 1. The zero-order valence-corrected chi connectivity index (χ0v) is 14.7. The number of aromatic nitrogens is 1. The Morgan fingerprint density at radius 1 is 1.41 bits per heavy atom. The number of hydrogen-bond donors (Lipinski definition) is 2. The Kier molecular flexibility index (Phi) is 4.82. The van der Waals surface area contributed by atoms with Gasteiger partial charge in [0, 0.05) is 10.9 Å². The second kappa shape index (κ2) is 6.82. The van der Waals surface area contributed by atoms with Crippen LogP contribution in [0.15, 0.2) is 34.7 Å². The molecular formula is C16H14F3N3O4S. The fourth-order valence-corrected chi connectivity index (χ4v) is 3.30. The number of ether oxygens (including phenoxy) is 1. The van der Waals surface area contributed by atoms with E-state index < -0.39 is 24.3 Å². The molecule has 0 saturated heterocycles. The van der Waals surface area contributed by atoms with Gasteiger partial charge in [-0.25, -0.2) is 9.78 Å². The van der Waals surface area contributed by atoms with Gasteiger partial charge >= 0.3 is 12.1 Å². The van der Waals surface area contributed by atoms with Crippen molar-refractivity contribution in [2.45, 2.75) is 25.2 Å². The smallest absolute Gasteiger partial charge is 0.438 e. The Balaban J connectivity index is 2.04. The first-order valence-electron chi connectivity index (χ1n) is 7.75. The number of para-hydroxylation sites is 1. The van der Waals surface area contributed by atoms with E-state index >= 15 is 0 Å². The number of phenolic OH excluding ortho intramolecular Hbond substituents is 1. The van der Waals surface area contributed by atoms with Gasteiger partial charge in [-0.15, -0.1) is 11.3 Å². The van der Waals surface area contributed by atoms with Crippen molar-refractivity contribution in [3.8, 4) is 5.75 Å². The lowest BCUT2D eigenvalue weighted by Gasteiger charge is -2.32. The quantitative estimate of drug-likeness (QED) is 0.765. The van der Waals surface area contributed by atoms with Crippen molar-refractivity contribution in [2.24, 2.45) is 5.10 Å². The number of anilines is 1. The van der Waals surface area contributed by atoms with Crippen molar-refractivity contribution in [3.63, 3.8) is 0 Å². The van der Waals surface area contributed by atoms with E-state index in [1.165, 1.54) is 29.6 Å². The van der Waals surface area contributed by atoms with E-state index in [1.54, 1.807) is 6.92 Å². The Labute approximate surface area is 155 Å². The summed E-state index contributed by atoms with van der Waals surface area (Å²) in [6.07, 6.45) is -5.99. The molecule has 1 aliphatic heterocycles. The predicted octanol–water partition coefficient (Wildman–Crippen LogP) is 2.89. The summed E-state index contributed by atoms with van der Waals surface area (Å²) in [5.41, 5.74) is -3.66. The van der Waals surface area contributed by atoms with Gasteiger partial charge in [-0.3, -0.25) is 0 Å². The summed E-state index contributed by atoms with van der Waals surface area (Å²) in [7, 11) is 0. The second-order valence-electron chi connectivity index (χ2n) is 5.60. The first-order valence-corrected chi connectivity index (χ1v) is 8.63. The largest absolute Gasteiger partial charge is 0.507 e. The second-order valence-corrected chi connectivity index (χ2v) is 6.44. The summed E-state index contributed by atoms with van der Waals surface area (Å²) in [4.78, 5) is 15.5. The van der Waals surface area contributed by atoms with Crippen molar-refractivity contribution in [1.82, 2.24) is 4.98 Å². The maximum atomic E-state index is 13.6. The number of hydrogen-bond acceptors (Lipinski definition) is 8. The molecule has 1 aromatic carbocycles. The van der Waals surface area contributed by atoms with Crippen LogP contribution in [0.1, 0.15) is 29.4 Å². The molecule has 27 heavy (non-hydrogen) atoms. The van der Waals surface area contributed by atoms with Crippen LogP contribution in [-0.4, -0.2) is 45.4 Å². The number of phenols is 1. The van der Waals surface area contributed by atoms with Gasteiger partial charge in [0.1, 0.15) is 5.75 Å². The highest BCUT2D eigenvalue weighted by Crippen LogP contribution is 2.45. The number of rotatable bonds is 4. The Morgan fingerprint density at radius 3 is 2.74 bits per heavy atom. The number of alkyl halides is 3. The normalized spacial score (nSPS) is 19.9. The third-order valence-corrected chi connectivity index (χ3v) is 4.63. The van der Waals surface area contributed by atoms with Crippen LogP contribution in [0.5, 0.6) is 5.75 Å². The maximum absolute atomic E-state index is 13.6. The number of halogens is 3. The molecule has 2 aromatic rings. The minimum atomic E-state index is -5.07. The summed E-state index contributed by atoms with van der Waals surface area (Å²) in [6, 6.07) is 5.72. The highest BCUT2D eigenvalue weighted by molar-refractivity contribution is 7.14. The molecule has 0 spiro atoms. The molecule has 11 heteroatoms. The van der Waals surface area contributed by atoms with Gasteiger partial charge in [0.15, 0.2) is 5.69 Å². The van der Waals surface area contributed by atoms with Crippen LogP contribution in [0, 0.1) is 0 Å². The van der Waals surface area contributed by atoms with Crippen LogP contribution < -0.4 is 5.01 Å². The lowest BCUT2D eigenvalue weighted by molar-refractivity contribution is -0.254. The van der Waals surface area contributed by atoms with E-state index in [2.05, 4.69) is 10.1 Å². The van der Waals surface area contributed by atoms with Crippen molar-refractivity contribution >= 4 is 28.1 Å². The third kappa shape index (κ3) is 3.35. The van der Waals surface area contributed by atoms with E-state index in [-0.39, 0.29) is 34.5 Å². The number of carbonyl (C=O) groups excluding carboxylic acids is 1. The van der Waals surface area contributed by atoms with Crippen LogP contribution in [0.25, 0.3) is 0 Å². The third-order valence-electron chi connectivity index (χ3n) is 3.81. The molecule has 1 aromatic heterocycles. The summed E-state index contributed by atoms with van der Waals surface area (Å²) < 4.78 is 45.6. The van der Waals surface area contributed by atoms with Crippen LogP contribution in [-0.2, 0) is 4.74 Å². The van der Waals surface area contributed by atoms with E-state index in [0.717, 1.165) is 0 Å². The van der Waals surface area contributed by atoms with Gasteiger partial charge in [-0.05, 0) is 19.1 Å². The summed E-state index contributed by atoms with van der Waals surface area (Å²) >= 11 is 0.705. The summed E-state index contributed by atoms with van der Waals surface area (Å²) in [6.45, 7) is 1.66. The topological polar surface area (TPSA) is 95.2 Å². The Morgan fingerprint density at radius 2 is 2.11 bits per heavy atom. The lowest BCUT2D eigenvalue weighted by Crippen LogP contribution is -2.55. The first-order chi connectivity index (χ1) is 12.7. The molecule has 2 heterocycles. The molecule has 7 nitrogen and oxygen atoms in total. The van der Waals surface area contributed by atoms with Crippen molar-refractivity contribution in [2.75, 3.05) is 11.6 Å². The van der Waals surface area contributed by atoms with E-state index in [1.807, 2.05) is 0 Å². The molecule has 2 N–H and O–H groups in total. The van der Waals surface area contributed by atoms with E-state index in [0.29, 0.717) is 16.3 Å². The van der Waals surface area contributed by atoms with Crippen LogP contribution in [0.3, 0.4) is 0 Å². The zero-order valence-electron chi connectivity index (χ0n) is 13.9. The number of esters is 1. The Hall–Kier alpha value is -2.66.